The minimum Gasteiger partial charge on any atom is -0.493 e. The molecule has 0 bridgehead atoms. The van der Waals surface area contributed by atoms with Gasteiger partial charge in [-0.15, -0.1) is 0 Å². The van der Waals surface area contributed by atoms with Gasteiger partial charge in [0.1, 0.15) is 5.54 Å². The van der Waals surface area contributed by atoms with Gasteiger partial charge in [-0.3, -0.25) is 4.79 Å². The molecule has 7 heteroatoms. The number of amides is 1. The summed E-state index contributed by atoms with van der Waals surface area (Å²) in [5.74, 6) is 0.697. The Morgan fingerprint density at radius 2 is 1.91 bits per heavy atom. The third kappa shape index (κ3) is 4.67. The predicted octanol–water partition coefficient (Wildman–Crippen LogP) is 2.82. The van der Waals surface area contributed by atoms with E-state index >= 15 is 0 Å². The fourth-order valence-electron chi connectivity index (χ4n) is 1.80. The lowest BCUT2D eigenvalue weighted by Gasteiger charge is -2.27. The third-order valence-electron chi connectivity index (χ3n) is 3.70. The summed E-state index contributed by atoms with van der Waals surface area (Å²) in [5, 5.41) is 15.3. The van der Waals surface area contributed by atoms with Crippen molar-refractivity contribution in [1.29, 1.82) is 5.26 Å². The first-order chi connectivity index (χ1) is 10.8. The molecule has 0 unspecified atom stereocenters. The van der Waals surface area contributed by atoms with Gasteiger partial charge in [0.25, 0.3) is 0 Å². The van der Waals surface area contributed by atoms with Gasteiger partial charge in [0.2, 0.25) is 5.91 Å². The predicted molar refractivity (Wildman–Crippen MR) is 90.0 cm³/mol. The Balaban J connectivity index is 2.79. The van der Waals surface area contributed by atoms with Gasteiger partial charge in [0.15, 0.2) is 11.5 Å². The van der Waals surface area contributed by atoms with E-state index in [4.69, 9.17) is 21.1 Å². The van der Waals surface area contributed by atoms with E-state index in [1.54, 1.807) is 19.1 Å². The minimum atomic E-state index is -0.917. The maximum Gasteiger partial charge on any atom is 0.240 e. The summed E-state index contributed by atoms with van der Waals surface area (Å²) in [6, 6.07) is 5.39. The summed E-state index contributed by atoms with van der Waals surface area (Å²) in [6.45, 7) is 5.43. The molecule has 0 aromatic heterocycles. The molecule has 0 heterocycles. The highest BCUT2D eigenvalue weighted by Crippen LogP contribution is 2.35. The molecule has 2 N–H and O–H groups in total. The quantitative estimate of drug-likeness (QED) is 0.798. The number of benzene rings is 1. The number of anilines is 1. The van der Waals surface area contributed by atoms with Crippen LogP contribution in [0.2, 0.25) is 5.02 Å². The summed E-state index contributed by atoms with van der Waals surface area (Å²) in [4.78, 5) is 12.1. The fraction of sp³-hybridized carbons (Fsp3) is 0.500. The first-order valence-electron chi connectivity index (χ1n) is 7.15. The van der Waals surface area contributed by atoms with Gasteiger partial charge in [-0.05, 0) is 12.8 Å². The van der Waals surface area contributed by atoms with E-state index in [2.05, 4.69) is 16.7 Å². The average molecular weight is 340 g/mol. The molecule has 1 rings (SSSR count). The topological polar surface area (TPSA) is 83.4 Å². The number of nitriles is 1. The van der Waals surface area contributed by atoms with Crippen LogP contribution in [0.25, 0.3) is 0 Å². The van der Waals surface area contributed by atoms with E-state index in [-0.39, 0.29) is 18.4 Å². The van der Waals surface area contributed by atoms with E-state index in [1.807, 2.05) is 13.8 Å². The highest BCUT2D eigenvalue weighted by Gasteiger charge is 2.29. The summed E-state index contributed by atoms with van der Waals surface area (Å²) < 4.78 is 10.4. The van der Waals surface area contributed by atoms with E-state index in [0.717, 1.165) is 0 Å². The van der Waals surface area contributed by atoms with Crippen molar-refractivity contribution >= 4 is 23.2 Å². The maximum atomic E-state index is 12.1. The van der Waals surface area contributed by atoms with Crippen molar-refractivity contribution in [3.63, 3.8) is 0 Å². The van der Waals surface area contributed by atoms with Crippen LogP contribution in [0.5, 0.6) is 11.5 Å². The minimum absolute atomic E-state index is 0.0129. The number of nitrogens with one attached hydrogen (secondary N) is 2. The van der Waals surface area contributed by atoms with E-state index in [0.29, 0.717) is 22.2 Å². The summed E-state index contributed by atoms with van der Waals surface area (Å²) in [5.41, 5.74) is -0.372. The SMILES string of the molecule is COc1cc(Cl)c(NCC(=O)N[C@@](C)(C#N)C(C)C)cc1OC. The number of carbonyl (C=O) groups excluding carboxylic acids is 1. The van der Waals surface area contributed by atoms with Gasteiger partial charge in [-0.1, -0.05) is 25.4 Å². The monoisotopic (exact) mass is 339 g/mol. The Morgan fingerprint density at radius 1 is 1.35 bits per heavy atom. The van der Waals surface area contributed by atoms with Crippen LogP contribution in [0, 0.1) is 17.2 Å². The van der Waals surface area contributed by atoms with E-state index in [1.165, 1.54) is 14.2 Å². The molecule has 0 aliphatic heterocycles. The maximum absolute atomic E-state index is 12.1. The van der Waals surface area contributed by atoms with Crippen LogP contribution >= 0.6 is 11.6 Å². The average Bonchev–Trinajstić information content (AvgIpc) is 2.52. The highest BCUT2D eigenvalue weighted by atomic mass is 35.5. The van der Waals surface area contributed by atoms with Crippen LogP contribution in [0.1, 0.15) is 20.8 Å². The Kier molecular flexibility index (Phi) is 6.52. The van der Waals surface area contributed by atoms with E-state index in [9.17, 15) is 10.1 Å². The molecular formula is C16H22ClN3O3. The second kappa shape index (κ2) is 7.93. The number of methoxy groups -OCH3 is 2. The van der Waals surface area contributed by atoms with Crippen LogP contribution in [0.3, 0.4) is 0 Å². The smallest absolute Gasteiger partial charge is 0.240 e. The number of carbonyl (C=O) groups is 1. The summed E-state index contributed by atoms with van der Waals surface area (Å²) in [7, 11) is 3.03. The molecule has 1 aromatic rings. The molecule has 126 valence electrons. The zero-order chi connectivity index (χ0) is 17.6. The molecule has 1 atom stereocenters. The van der Waals surface area contributed by atoms with Gasteiger partial charge >= 0.3 is 0 Å². The van der Waals surface area contributed by atoms with Gasteiger partial charge in [0, 0.05) is 12.1 Å². The van der Waals surface area contributed by atoms with Gasteiger partial charge < -0.3 is 20.1 Å². The molecule has 6 nitrogen and oxygen atoms in total. The summed E-state index contributed by atoms with van der Waals surface area (Å²) >= 11 is 6.15. The molecule has 0 fully saturated rings. The Labute approximate surface area is 141 Å². The summed E-state index contributed by atoms with van der Waals surface area (Å²) in [6.07, 6.45) is 0. The lowest BCUT2D eigenvalue weighted by molar-refractivity contribution is -0.121. The van der Waals surface area contributed by atoms with Crippen molar-refractivity contribution < 1.29 is 14.3 Å². The fourth-order valence-corrected chi connectivity index (χ4v) is 2.02. The molecule has 1 aromatic carbocycles. The molecule has 0 saturated carbocycles. The third-order valence-corrected chi connectivity index (χ3v) is 4.01. The zero-order valence-electron chi connectivity index (χ0n) is 14.0. The van der Waals surface area contributed by atoms with Crippen molar-refractivity contribution in [2.45, 2.75) is 26.3 Å². The molecule has 0 spiro atoms. The van der Waals surface area contributed by atoms with Crippen molar-refractivity contribution in [2.75, 3.05) is 26.1 Å². The normalized spacial score (nSPS) is 13.0. The zero-order valence-corrected chi connectivity index (χ0v) is 14.7. The van der Waals surface area contributed by atoms with Crippen molar-refractivity contribution in [2.24, 2.45) is 5.92 Å². The number of halogens is 1. The van der Waals surface area contributed by atoms with Gasteiger partial charge in [-0.25, -0.2) is 0 Å². The standard InChI is InChI=1S/C16H22ClN3O3/c1-10(2)16(3,9-18)20-15(21)8-19-12-7-14(23-5)13(22-4)6-11(12)17/h6-7,10,19H,8H2,1-5H3,(H,20,21)/t16-/m0/s1. The molecule has 0 saturated heterocycles. The second-order valence-electron chi connectivity index (χ2n) is 5.56. The molecule has 1 amide bonds. The van der Waals surface area contributed by atoms with Crippen LogP contribution in [-0.2, 0) is 4.79 Å². The number of hydrogen-bond acceptors (Lipinski definition) is 5. The Hall–Kier alpha value is -2.13. The Morgan fingerprint density at radius 3 is 2.39 bits per heavy atom. The van der Waals surface area contributed by atoms with Gasteiger partial charge in [0.05, 0.1) is 37.5 Å². The first-order valence-corrected chi connectivity index (χ1v) is 7.52. The largest absolute Gasteiger partial charge is 0.493 e. The lowest BCUT2D eigenvalue weighted by Crippen LogP contribution is -2.50. The Bertz CT molecular complexity index is 613. The van der Waals surface area contributed by atoms with Crippen molar-refractivity contribution in [1.82, 2.24) is 5.32 Å². The van der Waals surface area contributed by atoms with Gasteiger partial charge in [-0.2, -0.15) is 5.26 Å². The van der Waals surface area contributed by atoms with E-state index < -0.39 is 5.54 Å². The number of rotatable bonds is 7. The first kappa shape index (κ1) is 18.9. The van der Waals surface area contributed by atoms with Crippen molar-refractivity contribution in [3.05, 3.63) is 17.2 Å². The molecule has 23 heavy (non-hydrogen) atoms. The second-order valence-corrected chi connectivity index (χ2v) is 5.96. The van der Waals surface area contributed by atoms with Crippen LogP contribution in [0.4, 0.5) is 5.69 Å². The van der Waals surface area contributed by atoms with Crippen molar-refractivity contribution in [3.8, 4) is 17.6 Å². The highest BCUT2D eigenvalue weighted by molar-refractivity contribution is 6.33. The lowest BCUT2D eigenvalue weighted by atomic mass is 9.90. The molecule has 0 radical (unpaired) electrons. The number of nitrogens with zero attached hydrogens (tertiary/aromatic N) is 1. The number of ether oxygens (including phenoxy) is 2. The van der Waals surface area contributed by atoms with Crippen LogP contribution in [0.15, 0.2) is 12.1 Å². The molecule has 0 aliphatic rings. The van der Waals surface area contributed by atoms with Crippen LogP contribution in [-0.4, -0.2) is 32.2 Å². The van der Waals surface area contributed by atoms with Crippen LogP contribution < -0.4 is 20.1 Å². The molecule has 0 aliphatic carbocycles. The molecular weight excluding hydrogens is 318 g/mol. The number of hydrogen-bond donors (Lipinski definition) is 2.